The largest absolute Gasteiger partial charge is 0.372 e. The molecule has 6 aromatic rings. The van der Waals surface area contributed by atoms with Crippen LogP contribution in [-0.2, 0) is 25.5 Å². The number of hydrogen-bond acceptors (Lipinski definition) is 19. The number of amides is 1. The average molecular weight is 1020 g/mol. The van der Waals surface area contributed by atoms with E-state index in [1.807, 2.05) is 60.7 Å². The third-order valence-electron chi connectivity index (χ3n) is 11.5. The topological polar surface area (TPSA) is 247 Å². The molecule has 1 aliphatic rings. The minimum Gasteiger partial charge on any atom is -0.372 e. The third kappa shape index (κ3) is 13.6. The van der Waals surface area contributed by atoms with Crippen molar-refractivity contribution < 1.29 is 22.6 Å². The van der Waals surface area contributed by atoms with Gasteiger partial charge in [0.1, 0.15) is 17.2 Å². The van der Waals surface area contributed by atoms with Crippen LogP contribution >= 0.6 is 23.1 Å². The Balaban J connectivity index is 1.26. The molecular formula is C49H56N14O5S3. The van der Waals surface area contributed by atoms with Crippen LogP contribution in [0, 0.1) is 5.53 Å². The van der Waals surface area contributed by atoms with Crippen molar-refractivity contribution in [3.63, 3.8) is 0 Å². The van der Waals surface area contributed by atoms with Crippen molar-refractivity contribution in [3.8, 4) is 0 Å². The normalized spacial score (nSPS) is 13.0. The van der Waals surface area contributed by atoms with Crippen LogP contribution < -0.4 is 30.7 Å². The van der Waals surface area contributed by atoms with E-state index in [2.05, 4.69) is 68.6 Å². The van der Waals surface area contributed by atoms with Crippen LogP contribution in [0.4, 0.5) is 62.7 Å². The molecule has 19 nitrogen and oxygen atoms in total. The summed E-state index contributed by atoms with van der Waals surface area (Å²) in [5.74, 6) is 0.309. The van der Waals surface area contributed by atoms with E-state index in [1.54, 1.807) is 6.07 Å². The van der Waals surface area contributed by atoms with Crippen LogP contribution in [0.1, 0.15) is 64.3 Å². The molecule has 1 amide bonds. The Bertz CT molecular complexity index is 3030. The number of aromatic nitrogens is 4. The van der Waals surface area contributed by atoms with Crippen molar-refractivity contribution in [1.29, 1.82) is 5.53 Å². The molecule has 1 saturated heterocycles. The number of carbonyl (C=O) groups excluding carboxylic acids is 2. The molecule has 71 heavy (non-hydrogen) atoms. The first-order valence-corrected chi connectivity index (χ1v) is 26.4. The zero-order valence-electron chi connectivity index (χ0n) is 40.1. The third-order valence-corrected chi connectivity index (χ3v) is 14.1. The maximum atomic E-state index is 13.6. The fourth-order valence-corrected chi connectivity index (χ4v) is 9.94. The number of ketones is 1. The fourth-order valence-electron chi connectivity index (χ4n) is 7.77. The van der Waals surface area contributed by atoms with Crippen molar-refractivity contribution in [1.82, 2.24) is 19.9 Å². The minimum absolute atomic E-state index is 0.0745. The molecule has 7 rings (SSSR count). The molecule has 1 aliphatic heterocycles. The summed E-state index contributed by atoms with van der Waals surface area (Å²) in [5, 5.41) is 23.2. The van der Waals surface area contributed by atoms with Crippen LogP contribution in [0.5, 0.6) is 0 Å². The molecule has 0 atom stereocenters. The van der Waals surface area contributed by atoms with Gasteiger partial charge >= 0.3 is 0 Å². The Kier molecular flexibility index (Phi) is 17.6. The number of carbonyl (C=O) groups is 2. The second-order valence-corrected chi connectivity index (χ2v) is 19.5. The highest BCUT2D eigenvalue weighted by Crippen LogP contribution is 2.39. The summed E-state index contributed by atoms with van der Waals surface area (Å²) < 4.78 is 33.1. The van der Waals surface area contributed by atoms with Gasteiger partial charge in [0.25, 0.3) is 16.0 Å². The van der Waals surface area contributed by atoms with Gasteiger partial charge in [-0.2, -0.15) is 33.5 Å². The summed E-state index contributed by atoms with van der Waals surface area (Å²) in [6.45, 7) is 14.1. The second-order valence-electron chi connectivity index (χ2n) is 16.2. The predicted molar refractivity (Wildman–Crippen MR) is 283 cm³/mol. The highest BCUT2D eigenvalue weighted by Gasteiger charge is 2.23. The average Bonchev–Trinajstić information content (AvgIpc) is 3.78. The van der Waals surface area contributed by atoms with E-state index in [0.717, 1.165) is 79.8 Å². The number of anilines is 8. The van der Waals surface area contributed by atoms with Crippen molar-refractivity contribution in [2.75, 3.05) is 69.9 Å². The molecule has 0 unspecified atom stereocenters. The van der Waals surface area contributed by atoms with E-state index in [4.69, 9.17) is 30.6 Å². The lowest BCUT2D eigenvalue weighted by atomic mass is 10.1. The first-order chi connectivity index (χ1) is 34.3. The van der Waals surface area contributed by atoms with Crippen LogP contribution in [-0.4, -0.2) is 83.9 Å². The first-order valence-electron chi connectivity index (χ1n) is 23.2. The van der Waals surface area contributed by atoms with E-state index >= 15 is 0 Å². The molecule has 5 N–H and O–H groups in total. The van der Waals surface area contributed by atoms with E-state index < -0.39 is 26.7 Å². The summed E-state index contributed by atoms with van der Waals surface area (Å²) in [5.41, 5.74) is 12.7. The number of thiazole rings is 1. The van der Waals surface area contributed by atoms with Gasteiger partial charge in [0.2, 0.25) is 17.0 Å². The molecule has 0 bridgehead atoms. The Morgan fingerprint density at radius 3 is 2.00 bits per heavy atom. The number of piperidine rings is 1. The minimum atomic E-state index is -4.54. The lowest BCUT2D eigenvalue weighted by molar-refractivity contribution is -0.118. The van der Waals surface area contributed by atoms with Gasteiger partial charge < -0.3 is 30.7 Å². The number of benzene rings is 4. The zero-order valence-corrected chi connectivity index (χ0v) is 42.5. The van der Waals surface area contributed by atoms with Crippen molar-refractivity contribution in [2.45, 2.75) is 69.7 Å². The number of thioether (sulfide) groups is 1. The molecule has 0 saturated carbocycles. The van der Waals surface area contributed by atoms with Gasteiger partial charge in [0.15, 0.2) is 10.9 Å². The van der Waals surface area contributed by atoms with Gasteiger partial charge in [0, 0.05) is 62.1 Å². The Labute approximate surface area is 421 Å². The maximum Gasteiger partial charge on any atom is 0.294 e. The highest BCUT2D eigenvalue weighted by atomic mass is 32.2. The summed E-state index contributed by atoms with van der Waals surface area (Å²) in [7, 11) is -4.54. The number of nitrogens with one attached hydrogen (secondary N) is 4. The van der Waals surface area contributed by atoms with E-state index in [9.17, 15) is 22.6 Å². The number of nitrogens with zero attached hydrogens (tertiary/aromatic N) is 10. The van der Waals surface area contributed by atoms with Crippen molar-refractivity contribution in [2.24, 2.45) is 15.3 Å². The van der Waals surface area contributed by atoms with Gasteiger partial charge in [-0.3, -0.25) is 14.1 Å². The van der Waals surface area contributed by atoms with Gasteiger partial charge in [0.05, 0.1) is 26.7 Å². The molecule has 0 radical (unpaired) electrons. The predicted octanol–water partition coefficient (Wildman–Crippen LogP) is 11.7. The van der Waals surface area contributed by atoms with Crippen molar-refractivity contribution in [3.05, 3.63) is 107 Å². The molecule has 0 spiro atoms. The molecule has 370 valence electrons. The van der Waals surface area contributed by atoms with Gasteiger partial charge in [-0.15, -0.1) is 10.2 Å². The SMILES string of the molecule is CCN(CC)c1ccc(N=N)c(Nc2nc(Nc3cc(N(CC)CC)ccc3/N=N/c3nc(N4CCCCC4)c(/C=C(\C(C)=O)C(=O)Nc4cccc(S(=O)(=O)O)c4)s3)nc(SCc3ccccc3)n2)c1. The Morgan fingerprint density at radius 2 is 1.41 bits per heavy atom. The smallest absolute Gasteiger partial charge is 0.294 e. The summed E-state index contributed by atoms with van der Waals surface area (Å²) in [6.07, 6.45) is 4.39. The van der Waals surface area contributed by atoms with Crippen LogP contribution in [0.25, 0.3) is 6.08 Å². The van der Waals surface area contributed by atoms with Crippen LogP contribution in [0.15, 0.2) is 122 Å². The zero-order chi connectivity index (χ0) is 50.5. The quantitative estimate of drug-likeness (QED) is 0.0106. The Morgan fingerprint density at radius 1 is 0.789 bits per heavy atom. The molecule has 22 heteroatoms. The number of azo groups is 1. The Hall–Kier alpha value is -7.14. The molecule has 0 aliphatic carbocycles. The first kappa shape index (κ1) is 51.7. The van der Waals surface area contributed by atoms with Crippen molar-refractivity contribution >= 4 is 114 Å². The number of hydrogen-bond donors (Lipinski definition) is 5. The molecular weight excluding hydrogens is 961 g/mol. The van der Waals surface area contributed by atoms with E-state index in [-0.39, 0.29) is 28.3 Å². The molecule has 4 aromatic carbocycles. The van der Waals surface area contributed by atoms with Crippen LogP contribution in [0.3, 0.4) is 0 Å². The summed E-state index contributed by atoms with van der Waals surface area (Å²) >= 11 is 2.60. The number of Topliss-reactive ketones (excluding diaryl/α,β-unsaturated/α-hetero) is 1. The van der Waals surface area contributed by atoms with Gasteiger partial charge in [-0.05, 0) is 120 Å². The number of rotatable bonds is 22. The van der Waals surface area contributed by atoms with E-state index in [0.29, 0.717) is 57.4 Å². The standard InChI is InChI=1S/C49H56N14O5S3/c1-6-61(7-2)35-21-23-39(58-50)41(28-35)52-46-55-47(57-48(56-46)69-31-33-17-12-10-13-18-33)53-42-29-36(62(8-3)9-4)22-24-40(42)59-60-49-54-44(63-25-14-11-15-26-63)43(70-49)30-38(32(5)64)45(65)51-34-19-16-20-37(27-34)71(66,67)68/h10,12-13,16-24,27-30,50H,6-9,11,14-15,25-26,31H2,1-5H3,(H,51,65)(H,66,67,68)(H2,52,53,55,56,57)/b38-30+,58-50?,60-59+. The van der Waals surface area contributed by atoms with Crippen LogP contribution in [0.2, 0.25) is 0 Å². The van der Waals surface area contributed by atoms with Gasteiger partial charge in [-0.25, -0.2) is 5.53 Å². The monoisotopic (exact) mass is 1020 g/mol. The second kappa shape index (κ2) is 24.1. The fraction of sp³-hybridized carbons (Fsp3) is 0.306. The molecule has 1 fully saturated rings. The lowest BCUT2D eigenvalue weighted by Gasteiger charge is -2.27. The molecule has 2 aromatic heterocycles. The summed E-state index contributed by atoms with van der Waals surface area (Å²) in [4.78, 5) is 52.7. The van der Waals surface area contributed by atoms with Gasteiger partial charge in [-0.1, -0.05) is 59.5 Å². The maximum absolute atomic E-state index is 13.6. The highest BCUT2D eigenvalue weighted by molar-refractivity contribution is 7.98. The molecule has 3 heterocycles. The van der Waals surface area contributed by atoms with E-state index in [1.165, 1.54) is 43.0 Å². The lowest BCUT2D eigenvalue weighted by Crippen LogP contribution is -2.30. The summed E-state index contributed by atoms with van der Waals surface area (Å²) in [6, 6.07) is 26.6.